The molecule has 0 heterocycles. The van der Waals surface area contributed by atoms with Gasteiger partial charge in [-0.1, -0.05) is 6.07 Å². The molecule has 0 atom stereocenters. The van der Waals surface area contributed by atoms with E-state index >= 15 is 0 Å². The number of ether oxygens (including phenoxy) is 1. The van der Waals surface area contributed by atoms with Crippen LogP contribution in [0.3, 0.4) is 0 Å². The highest BCUT2D eigenvalue weighted by molar-refractivity contribution is 5.92. The lowest BCUT2D eigenvalue weighted by atomic mass is 10.1. The molecule has 1 aliphatic carbocycles. The molecule has 4 nitrogen and oxygen atoms in total. The van der Waals surface area contributed by atoms with Gasteiger partial charge >= 0.3 is 5.97 Å². The molecule has 1 aromatic rings. The Bertz CT molecular complexity index is 482. The van der Waals surface area contributed by atoms with Crippen molar-refractivity contribution in [2.24, 2.45) is 0 Å². The van der Waals surface area contributed by atoms with E-state index in [4.69, 9.17) is 4.74 Å². The largest absolute Gasteiger partial charge is 0.466 e. The third-order valence-corrected chi connectivity index (χ3v) is 3.24. The van der Waals surface area contributed by atoms with Crippen LogP contribution in [0.1, 0.15) is 37.3 Å². The van der Waals surface area contributed by atoms with Gasteiger partial charge in [-0.3, -0.25) is 9.59 Å². The Kier molecular flexibility index (Phi) is 4.55. The number of carbonyl (C=O) groups excluding carboxylic acids is 2. The number of benzene rings is 1. The topological polar surface area (TPSA) is 55.4 Å². The highest BCUT2D eigenvalue weighted by Gasteiger charge is 2.12. The Morgan fingerprint density at radius 1 is 1.21 bits per heavy atom. The zero-order valence-electron chi connectivity index (χ0n) is 11.2. The third-order valence-electron chi connectivity index (χ3n) is 3.24. The molecule has 0 spiro atoms. The van der Waals surface area contributed by atoms with Gasteiger partial charge in [-0.25, -0.2) is 0 Å². The molecule has 0 bridgehead atoms. The van der Waals surface area contributed by atoms with E-state index in [-0.39, 0.29) is 24.7 Å². The van der Waals surface area contributed by atoms with E-state index in [9.17, 15) is 9.59 Å². The first-order valence-electron chi connectivity index (χ1n) is 6.76. The zero-order chi connectivity index (χ0) is 13.7. The zero-order valence-corrected chi connectivity index (χ0v) is 11.2. The highest BCUT2D eigenvalue weighted by atomic mass is 16.5. The number of esters is 1. The molecule has 0 saturated carbocycles. The van der Waals surface area contributed by atoms with E-state index in [2.05, 4.69) is 11.4 Å². The van der Waals surface area contributed by atoms with E-state index in [1.54, 1.807) is 6.92 Å². The molecule has 2 rings (SSSR count). The van der Waals surface area contributed by atoms with Crippen LogP contribution in [0.15, 0.2) is 18.2 Å². The summed E-state index contributed by atoms with van der Waals surface area (Å²) in [4.78, 5) is 22.9. The average Bonchev–Trinajstić information content (AvgIpc) is 2.84. The fourth-order valence-corrected chi connectivity index (χ4v) is 2.32. The number of nitrogens with one attached hydrogen (secondary N) is 1. The molecule has 1 N–H and O–H groups in total. The Labute approximate surface area is 113 Å². The lowest BCUT2D eigenvalue weighted by molar-refractivity contribution is -0.144. The van der Waals surface area contributed by atoms with Gasteiger partial charge in [0.1, 0.15) is 0 Å². The molecule has 0 saturated heterocycles. The molecular formula is C15H19NO3. The van der Waals surface area contributed by atoms with E-state index in [1.807, 2.05) is 12.1 Å². The van der Waals surface area contributed by atoms with Gasteiger partial charge in [0, 0.05) is 12.1 Å². The predicted octanol–water partition coefficient (Wildman–Crippen LogP) is 2.46. The molecule has 102 valence electrons. The molecule has 0 radical (unpaired) electrons. The summed E-state index contributed by atoms with van der Waals surface area (Å²) < 4.78 is 4.78. The summed E-state index contributed by atoms with van der Waals surface area (Å²) in [6, 6.07) is 6.03. The first-order valence-corrected chi connectivity index (χ1v) is 6.76. The summed E-state index contributed by atoms with van der Waals surface area (Å²) in [6.07, 6.45) is 3.70. The molecule has 0 aliphatic heterocycles. The fraction of sp³-hybridized carbons (Fsp3) is 0.467. The van der Waals surface area contributed by atoms with Crippen molar-refractivity contribution in [2.75, 3.05) is 11.9 Å². The molecule has 0 unspecified atom stereocenters. The number of hydrogen-bond donors (Lipinski definition) is 1. The standard InChI is InChI=1S/C15H19NO3/c1-2-19-15(18)9-8-14(17)16-13-7-6-11-4-3-5-12(11)10-13/h6-7,10H,2-5,8-9H2,1H3,(H,16,17). The minimum atomic E-state index is -0.327. The van der Waals surface area contributed by atoms with Crippen LogP contribution in [0, 0.1) is 0 Å². The third kappa shape index (κ3) is 3.81. The van der Waals surface area contributed by atoms with Gasteiger partial charge in [0.25, 0.3) is 0 Å². The molecular weight excluding hydrogens is 242 g/mol. The van der Waals surface area contributed by atoms with Gasteiger partial charge in [-0.15, -0.1) is 0 Å². The summed E-state index contributed by atoms with van der Waals surface area (Å²) in [5, 5.41) is 2.82. The lowest BCUT2D eigenvalue weighted by Crippen LogP contribution is -2.14. The van der Waals surface area contributed by atoms with Gasteiger partial charge in [-0.05, 0) is 49.4 Å². The quantitative estimate of drug-likeness (QED) is 0.828. The first-order chi connectivity index (χ1) is 9.19. The molecule has 0 fully saturated rings. The van der Waals surface area contributed by atoms with Crippen LogP contribution >= 0.6 is 0 Å². The number of anilines is 1. The van der Waals surface area contributed by atoms with E-state index in [0.29, 0.717) is 6.61 Å². The molecule has 1 aliphatic rings. The second kappa shape index (κ2) is 6.36. The Hall–Kier alpha value is -1.84. The van der Waals surface area contributed by atoms with Crippen LogP contribution in [-0.4, -0.2) is 18.5 Å². The lowest BCUT2D eigenvalue weighted by Gasteiger charge is -2.07. The van der Waals surface area contributed by atoms with Gasteiger partial charge < -0.3 is 10.1 Å². The number of amides is 1. The molecule has 4 heteroatoms. The normalized spacial score (nSPS) is 12.9. The fourth-order valence-electron chi connectivity index (χ4n) is 2.32. The van der Waals surface area contributed by atoms with Crippen LogP contribution in [0.5, 0.6) is 0 Å². The van der Waals surface area contributed by atoms with Crippen molar-refractivity contribution in [2.45, 2.75) is 39.0 Å². The van der Waals surface area contributed by atoms with Crippen molar-refractivity contribution in [3.8, 4) is 0 Å². The van der Waals surface area contributed by atoms with Crippen LogP contribution in [0.4, 0.5) is 5.69 Å². The van der Waals surface area contributed by atoms with Crippen molar-refractivity contribution in [3.63, 3.8) is 0 Å². The average molecular weight is 261 g/mol. The molecule has 19 heavy (non-hydrogen) atoms. The SMILES string of the molecule is CCOC(=O)CCC(=O)Nc1ccc2c(c1)CCC2. The van der Waals surface area contributed by atoms with Gasteiger partial charge in [0.2, 0.25) is 5.91 Å². The Morgan fingerprint density at radius 3 is 2.79 bits per heavy atom. The molecule has 0 aromatic heterocycles. The highest BCUT2D eigenvalue weighted by Crippen LogP contribution is 2.24. The second-order valence-corrected chi connectivity index (χ2v) is 4.69. The minimum Gasteiger partial charge on any atom is -0.466 e. The predicted molar refractivity (Wildman–Crippen MR) is 73.0 cm³/mol. The van der Waals surface area contributed by atoms with Crippen molar-refractivity contribution < 1.29 is 14.3 Å². The number of carbonyl (C=O) groups is 2. The molecule has 1 amide bonds. The Balaban J connectivity index is 1.84. The Morgan fingerprint density at radius 2 is 2.00 bits per heavy atom. The first kappa shape index (κ1) is 13.6. The number of aryl methyl sites for hydroxylation is 2. The monoisotopic (exact) mass is 261 g/mol. The van der Waals surface area contributed by atoms with Crippen molar-refractivity contribution in [1.29, 1.82) is 0 Å². The summed E-state index contributed by atoms with van der Waals surface area (Å²) in [6.45, 7) is 2.10. The second-order valence-electron chi connectivity index (χ2n) is 4.69. The summed E-state index contributed by atoms with van der Waals surface area (Å²) in [5.41, 5.74) is 3.52. The van der Waals surface area contributed by atoms with Gasteiger partial charge in [0.05, 0.1) is 13.0 Å². The number of hydrogen-bond acceptors (Lipinski definition) is 3. The van der Waals surface area contributed by atoms with E-state index in [0.717, 1.165) is 18.5 Å². The maximum atomic E-state index is 11.7. The number of fused-ring (bicyclic) bond motifs is 1. The van der Waals surface area contributed by atoms with Crippen LogP contribution in [0.25, 0.3) is 0 Å². The van der Waals surface area contributed by atoms with E-state index < -0.39 is 0 Å². The van der Waals surface area contributed by atoms with Crippen LogP contribution in [0.2, 0.25) is 0 Å². The number of rotatable bonds is 5. The van der Waals surface area contributed by atoms with Gasteiger partial charge in [0.15, 0.2) is 0 Å². The summed E-state index contributed by atoms with van der Waals surface area (Å²) in [5.74, 6) is -0.474. The van der Waals surface area contributed by atoms with Crippen molar-refractivity contribution in [1.82, 2.24) is 0 Å². The van der Waals surface area contributed by atoms with Crippen molar-refractivity contribution >= 4 is 17.6 Å². The van der Waals surface area contributed by atoms with E-state index in [1.165, 1.54) is 17.5 Å². The van der Waals surface area contributed by atoms with Gasteiger partial charge in [-0.2, -0.15) is 0 Å². The van der Waals surface area contributed by atoms with Crippen LogP contribution in [-0.2, 0) is 27.2 Å². The molecule has 1 aromatic carbocycles. The van der Waals surface area contributed by atoms with Crippen LogP contribution < -0.4 is 5.32 Å². The minimum absolute atomic E-state index is 0.130. The maximum Gasteiger partial charge on any atom is 0.306 e. The summed E-state index contributed by atoms with van der Waals surface area (Å²) >= 11 is 0. The smallest absolute Gasteiger partial charge is 0.306 e. The maximum absolute atomic E-state index is 11.7. The summed E-state index contributed by atoms with van der Waals surface area (Å²) in [7, 11) is 0. The van der Waals surface area contributed by atoms with Crippen molar-refractivity contribution in [3.05, 3.63) is 29.3 Å².